The van der Waals surface area contributed by atoms with Crippen LogP contribution >= 0.6 is 11.3 Å². The monoisotopic (exact) mass is 417 g/mol. The van der Waals surface area contributed by atoms with Gasteiger partial charge in [-0.05, 0) is 6.42 Å². The summed E-state index contributed by atoms with van der Waals surface area (Å²) in [6.45, 7) is 2.11. The first kappa shape index (κ1) is 17.0. The van der Waals surface area contributed by atoms with Crippen LogP contribution in [0.5, 0.6) is 0 Å². The van der Waals surface area contributed by atoms with Crippen molar-refractivity contribution in [3.63, 3.8) is 0 Å². The summed E-state index contributed by atoms with van der Waals surface area (Å²) in [6, 6.07) is -0.0388. The van der Waals surface area contributed by atoms with Crippen molar-refractivity contribution in [2.45, 2.75) is 19.4 Å². The van der Waals surface area contributed by atoms with Crippen molar-refractivity contribution in [2.75, 3.05) is 4.90 Å². The summed E-state index contributed by atoms with van der Waals surface area (Å²) < 4.78 is 1.95. The van der Waals surface area contributed by atoms with Crippen molar-refractivity contribution in [3.05, 3.63) is 48.5 Å². The second-order valence-corrected chi connectivity index (χ2v) is 7.60. The Labute approximate surface area is 173 Å². The maximum Gasteiger partial charge on any atom is 0.165 e. The van der Waals surface area contributed by atoms with Crippen LogP contribution in [-0.4, -0.2) is 50.1 Å². The number of aromatic nitrogens is 10. The Bertz CT molecular complexity index is 1300. The molecular formula is C18H15N11S. The summed E-state index contributed by atoms with van der Waals surface area (Å²) in [5, 5.41) is 25.5. The van der Waals surface area contributed by atoms with E-state index in [1.54, 1.807) is 31.1 Å². The van der Waals surface area contributed by atoms with E-state index in [-0.39, 0.29) is 6.04 Å². The van der Waals surface area contributed by atoms with Gasteiger partial charge >= 0.3 is 0 Å². The Morgan fingerprint density at radius 2 is 2.13 bits per heavy atom. The molecule has 12 heteroatoms. The van der Waals surface area contributed by atoms with Gasteiger partial charge < -0.3 is 4.90 Å². The predicted octanol–water partition coefficient (Wildman–Crippen LogP) is 2.90. The van der Waals surface area contributed by atoms with Gasteiger partial charge in [-0.25, -0.2) is 15.0 Å². The van der Waals surface area contributed by atoms with E-state index in [4.69, 9.17) is 4.98 Å². The lowest BCUT2D eigenvalue weighted by atomic mass is 10.1. The second kappa shape index (κ2) is 6.56. The van der Waals surface area contributed by atoms with Crippen molar-refractivity contribution in [1.82, 2.24) is 50.1 Å². The van der Waals surface area contributed by atoms with Gasteiger partial charge in [0, 0.05) is 17.8 Å². The number of fused-ring (bicyclic) bond motifs is 3. The Kier molecular flexibility index (Phi) is 3.71. The third-order valence-electron chi connectivity index (χ3n) is 5.10. The minimum Gasteiger partial charge on any atom is -0.311 e. The molecule has 0 amide bonds. The molecule has 0 radical (unpaired) electrons. The molecule has 5 aromatic heterocycles. The number of rotatable bonds is 4. The lowest BCUT2D eigenvalue weighted by Crippen LogP contribution is -2.32. The van der Waals surface area contributed by atoms with Gasteiger partial charge in [0.15, 0.2) is 17.5 Å². The van der Waals surface area contributed by atoms with Gasteiger partial charge in [-0.1, -0.05) is 6.92 Å². The zero-order valence-electron chi connectivity index (χ0n) is 15.8. The highest BCUT2D eigenvalue weighted by Gasteiger charge is 2.35. The number of aromatic amines is 2. The number of nitrogens with zero attached hydrogens (tertiary/aromatic N) is 9. The maximum atomic E-state index is 4.95. The van der Waals surface area contributed by atoms with Crippen LogP contribution in [0.15, 0.2) is 42.7 Å². The molecule has 148 valence electrons. The third-order valence-corrected chi connectivity index (χ3v) is 5.89. The quantitative estimate of drug-likeness (QED) is 0.456. The van der Waals surface area contributed by atoms with Crippen LogP contribution in [0.3, 0.4) is 0 Å². The zero-order chi connectivity index (χ0) is 20.1. The molecule has 0 bridgehead atoms. The highest BCUT2D eigenvalue weighted by atomic mass is 32.1. The SMILES string of the molecule is CC[C@@H]1c2nncn2-c2cnc(-c3cn[nH]c3-c3nccs3)nc2N1c1cn[nH]c1. The fourth-order valence-electron chi connectivity index (χ4n) is 3.77. The predicted molar refractivity (Wildman–Crippen MR) is 109 cm³/mol. The van der Waals surface area contributed by atoms with Crippen LogP contribution < -0.4 is 4.90 Å². The summed E-state index contributed by atoms with van der Waals surface area (Å²) in [4.78, 5) is 16.1. The summed E-state index contributed by atoms with van der Waals surface area (Å²) in [6.07, 6.45) is 11.4. The molecule has 0 unspecified atom stereocenters. The molecule has 6 heterocycles. The lowest BCUT2D eigenvalue weighted by molar-refractivity contribution is 0.590. The molecule has 1 aliphatic rings. The van der Waals surface area contributed by atoms with E-state index in [1.807, 2.05) is 16.1 Å². The summed E-state index contributed by atoms with van der Waals surface area (Å²) in [7, 11) is 0. The molecule has 0 fully saturated rings. The van der Waals surface area contributed by atoms with Crippen LogP contribution in [0.2, 0.25) is 0 Å². The van der Waals surface area contributed by atoms with Gasteiger partial charge in [0.25, 0.3) is 0 Å². The molecule has 5 aromatic rings. The first-order valence-electron chi connectivity index (χ1n) is 9.34. The highest BCUT2D eigenvalue weighted by Crippen LogP contribution is 2.43. The van der Waals surface area contributed by atoms with Crippen LogP contribution in [0.1, 0.15) is 25.2 Å². The fourth-order valence-corrected chi connectivity index (χ4v) is 4.42. The summed E-state index contributed by atoms with van der Waals surface area (Å²) in [5.74, 6) is 2.16. The molecule has 11 nitrogen and oxygen atoms in total. The highest BCUT2D eigenvalue weighted by molar-refractivity contribution is 7.13. The average Bonchev–Trinajstić information content (AvgIpc) is 3.57. The molecule has 0 saturated carbocycles. The van der Waals surface area contributed by atoms with Gasteiger partial charge in [-0.3, -0.25) is 14.8 Å². The first-order chi connectivity index (χ1) is 14.8. The molecule has 1 aliphatic heterocycles. The number of anilines is 2. The van der Waals surface area contributed by atoms with Crippen LogP contribution in [0.4, 0.5) is 11.5 Å². The maximum absolute atomic E-state index is 4.95. The van der Waals surface area contributed by atoms with Gasteiger partial charge in [-0.2, -0.15) is 10.2 Å². The van der Waals surface area contributed by atoms with Crippen LogP contribution in [0.25, 0.3) is 27.8 Å². The third kappa shape index (κ3) is 2.40. The van der Waals surface area contributed by atoms with Crippen LogP contribution in [0, 0.1) is 0 Å². The van der Waals surface area contributed by atoms with E-state index in [0.717, 1.165) is 45.7 Å². The van der Waals surface area contributed by atoms with Crippen molar-refractivity contribution in [1.29, 1.82) is 0 Å². The van der Waals surface area contributed by atoms with Gasteiger partial charge in [0.1, 0.15) is 22.7 Å². The topological polar surface area (TPSA) is 130 Å². The number of nitrogens with one attached hydrogen (secondary N) is 2. The van der Waals surface area contributed by atoms with Crippen LogP contribution in [-0.2, 0) is 0 Å². The van der Waals surface area contributed by atoms with E-state index >= 15 is 0 Å². The molecule has 2 N–H and O–H groups in total. The van der Waals surface area contributed by atoms with Gasteiger partial charge in [0.05, 0.1) is 35.9 Å². The molecule has 1 atom stereocenters. The summed E-state index contributed by atoms with van der Waals surface area (Å²) >= 11 is 1.53. The van der Waals surface area contributed by atoms with Crippen molar-refractivity contribution in [3.8, 4) is 27.8 Å². The first-order valence-corrected chi connectivity index (χ1v) is 10.2. The Balaban J connectivity index is 1.56. The second-order valence-electron chi connectivity index (χ2n) is 6.71. The van der Waals surface area contributed by atoms with E-state index in [2.05, 4.69) is 52.4 Å². The molecule has 30 heavy (non-hydrogen) atoms. The van der Waals surface area contributed by atoms with E-state index in [0.29, 0.717) is 5.82 Å². The lowest BCUT2D eigenvalue weighted by Gasteiger charge is -2.35. The molecule has 0 aromatic carbocycles. The molecule has 6 rings (SSSR count). The van der Waals surface area contributed by atoms with Crippen molar-refractivity contribution in [2.24, 2.45) is 0 Å². The number of hydrogen-bond acceptors (Lipinski definition) is 9. The molecule has 0 aliphatic carbocycles. The van der Waals surface area contributed by atoms with Crippen molar-refractivity contribution < 1.29 is 0 Å². The molecule has 0 saturated heterocycles. The smallest absolute Gasteiger partial charge is 0.165 e. The van der Waals surface area contributed by atoms with Crippen molar-refractivity contribution >= 4 is 22.8 Å². The minimum absolute atomic E-state index is 0.0388. The summed E-state index contributed by atoms with van der Waals surface area (Å²) in [5.41, 5.74) is 3.30. The molecule has 0 spiro atoms. The Hall–Kier alpha value is -3.93. The standard InChI is InChI=1S/C18H15N11S/c1-2-12-17-27-24-9-28(17)13-8-20-15(25-16(13)29(12)10-5-21-22-6-10)11-7-23-26-14(11)18-19-3-4-30-18/h3-9,12H,2H2,1H3,(H,21,22)(H,23,26)/t12-/m1/s1. The van der Waals surface area contributed by atoms with E-state index in [1.165, 1.54) is 11.3 Å². The number of H-pyrrole nitrogens is 2. The van der Waals surface area contributed by atoms with E-state index < -0.39 is 0 Å². The average molecular weight is 417 g/mol. The minimum atomic E-state index is -0.0388. The van der Waals surface area contributed by atoms with E-state index in [9.17, 15) is 0 Å². The zero-order valence-corrected chi connectivity index (χ0v) is 16.6. The molecular weight excluding hydrogens is 402 g/mol. The number of hydrogen-bond donors (Lipinski definition) is 2. The Morgan fingerprint density at radius 3 is 2.93 bits per heavy atom. The number of thiazole rings is 1. The normalized spacial score (nSPS) is 15.2. The van der Waals surface area contributed by atoms with Gasteiger partial charge in [-0.15, -0.1) is 21.5 Å². The Morgan fingerprint density at radius 1 is 1.17 bits per heavy atom. The van der Waals surface area contributed by atoms with Gasteiger partial charge in [0.2, 0.25) is 0 Å². The fraction of sp³-hybridized carbons (Fsp3) is 0.167. The largest absolute Gasteiger partial charge is 0.311 e.